The summed E-state index contributed by atoms with van der Waals surface area (Å²) >= 11 is 0. The molecular weight excluding hydrogens is 380 g/mol. The molecular formula is C21H22N8O. The molecule has 1 fully saturated rings. The van der Waals surface area contributed by atoms with Crippen LogP contribution in [0.5, 0.6) is 0 Å². The van der Waals surface area contributed by atoms with E-state index in [2.05, 4.69) is 30.7 Å². The van der Waals surface area contributed by atoms with Gasteiger partial charge < -0.3 is 5.32 Å². The maximum Gasteiger partial charge on any atom is 0.190 e. The predicted octanol–water partition coefficient (Wildman–Crippen LogP) is 1.97. The van der Waals surface area contributed by atoms with E-state index in [1.54, 1.807) is 23.3 Å². The number of aryl methyl sites for hydroxylation is 1. The lowest BCUT2D eigenvalue weighted by atomic mass is 10.1. The van der Waals surface area contributed by atoms with Gasteiger partial charge in [0.05, 0.1) is 36.6 Å². The quantitative estimate of drug-likeness (QED) is 0.509. The minimum Gasteiger partial charge on any atom is -0.317 e. The van der Waals surface area contributed by atoms with E-state index in [9.17, 15) is 4.79 Å². The van der Waals surface area contributed by atoms with Gasteiger partial charge in [0.1, 0.15) is 5.69 Å². The summed E-state index contributed by atoms with van der Waals surface area (Å²) in [6, 6.07) is 4.26. The molecule has 1 aliphatic heterocycles. The summed E-state index contributed by atoms with van der Waals surface area (Å²) in [6.07, 6.45) is 11.2. The monoisotopic (exact) mass is 402 g/mol. The van der Waals surface area contributed by atoms with Crippen molar-refractivity contribution in [1.82, 2.24) is 40.1 Å². The third kappa shape index (κ3) is 3.71. The van der Waals surface area contributed by atoms with Gasteiger partial charge in [-0.05, 0) is 38.1 Å². The first-order chi connectivity index (χ1) is 14.7. The number of ketones is 1. The van der Waals surface area contributed by atoms with E-state index < -0.39 is 0 Å². The molecule has 1 saturated heterocycles. The highest BCUT2D eigenvalue weighted by Gasteiger charge is 2.19. The molecule has 4 aromatic rings. The van der Waals surface area contributed by atoms with Gasteiger partial charge in [-0.3, -0.25) is 19.4 Å². The van der Waals surface area contributed by atoms with Crippen molar-refractivity contribution < 1.29 is 4.79 Å². The Labute approximate surface area is 173 Å². The smallest absolute Gasteiger partial charge is 0.190 e. The van der Waals surface area contributed by atoms with Crippen LogP contribution in [0.15, 0.2) is 43.1 Å². The second-order valence-electron chi connectivity index (χ2n) is 7.66. The van der Waals surface area contributed by atoms with Gasteiger partial charge in [0.15, 0.2) is 5.78 Å². The first-order valence-corrected chi connectivity index (χ1v) is 10.1. The summed E-state index contributed by atoms with van der Waals surface area (Å²) < 4.78 is 3.58. The number of nitrogens with one attached hydrogen (secondary N) is 1. The van der Waals surface area contributed by atoms with Crippen LogP contribution in [0.4, 0.5) is 0 Å². The topological polar surface area (TPSA) is 103 Å². The van der Waals surface area contributed by atoms with E-state index in [-0.39, 0.29) is 12.2 Å². The summed E-state index contributed by atoms with van der Waals surface area (Å²) in [7, 11) is 1.88. The molecule has 152 valence electrons. The number of hydrogen-bond acceptors (Lipinski definition) is 7. The van der Waals surface area contributed by atoms with Gasteiger partial charge in [-0.25, -0.2) is 4.68 Å². The summed E-state index contributed by atoms with van der Waals surface area (Å²) in [5, 5.41) is 16.8. The molecule has 4 aromatic heterocycles. The number of fused-ring (bicyclic) bond motifs is 1. The molecule has 0 aliphatic carbocycles. The van der Waals surface area contributed by atoms with Crippen LogP contribution >= 0.6 is 0 Å². The molecule has 0 amide bonds. The zero-order valence-electron chi connectivity index (χ0n) is 16.7. The number of hydrogen-bond donors (Lipinski definition) is 1. The number of pyridine rings is 2. The highest BCUT2D eigenvalue weighted by atomic mass is 16.1. The highest BCUT2D eigenvalue weighted by molar-refractivity contribution is 5.95. The normalized spacial score (nSPS) is 15.0. The van der Waals surface area contributed by atoms with Crippen LogP contribution < -0.4 is 5.32 Å². The molecule has 5 heterocycles. The van der Waals surface area contributed by atoms with Crippen molar-refractivity contribution >= 4 is 16.7 Å². The van der Waals surface area contributed by atoms with E-state index in [0.29, 0.717) is 17.4 Å². The minimum atomic E-state index is -0.0848. The average Bonchev–Trinajstić information content (AvgIpc) is 3.43. The number of rotatable bonds is 5. The van der Waals surface area contributed by atoms with Crippen molar-refractivity contribution in [2.45, 2.75) is 25.3 Å². The number of nitrogens with zero attached hydrogens (tertiary/aromatic N) is 7. The number of aromatic nitrogens is 7. The Morgan fingerprint density at radius 1 is 1.10 bits per heavy atom. The van der Waals surface area contributed by atoms with Crippen LogP contribution in [0.2, 0.25) is 0 Å². The van der Waals surface area contributed by atoms with Gasteiger partial charge in [-0.1, -0.05) is 5.21 Å². The van der Waals surface area contributed by atoms with Crippen molar-refractivity contribution in [2.75, 3.05) is 13.1 Å². The van der Waals surface area contributed by atoms with Crippen molar-refractivity contribution in [1.29, 1.82) is 0 Å². The minimum absolute atomic E-state index is 0.0848. The predicted molar refractivity (Wildman–Crippen MR) is 111 cm³/mol. The van der Waals surface area contributed by atoms with Gasteiger partial charge >= 0.3 is 0 Å². The molecule has 30 heavy (non-hydrogen) atoms. The van der Waals surface area contributed by atoms with Crippen molar-refractivity contribution in [3.8, 4) is 11.1 Å². The molecule has 0 aromatic carbocycles. The van der Waals surface area contributed by atoms with Crippen molar-refractivity contribution in [3.05, 3.63) is 54.5 Å². The zero-order valence-corrected chi connectivity index (χ0v) is 16.7. The fourth-order valence-electron chi connectivity index (χ4n) is 3.81. The summed E-state index contributed by atoms with van der Waals surface area (Å²) in [5.41, 5.74) is 3.84. The van der Waals surface area contributed by atoms with Gasteiger partial charge in [0, 0.05) is 41.6 Å². The number of piperidine rings is 1. The largest absolute Gasteiger partial charge is 0.317 e. The molecule has 0 bridgehead atoms. The summed E-state index contributed by atoms with van der Waals surface area (Å²) in [5.74, 6) is -0.0848. The Morgan fingerprint density at radius 3 is 2.77 bits per heavy atom. The van der Waals surface area contributed by atoms with Crippen LogP contribution in [0.1, 0.15) is 35.1 Å². The van der Waals surface area contributed by atoms with Gasteiger partial charge in [0.25, 0.3) is 0 Å². The van der Waals surface area contributed by atoms with E-state index in [1.165, 1.54) is 0 Å². The molecule has 5 rings (SSSR count). The Hall–Kier alpha value is -3.46. The Bertz CT molecular complexity index is 1200. The van der Waals surface area contributed by atoms with Gasteiger partial charge in [-0.15, -0.1) is 5.10 Å². The van der Waals surface area contributed by atoms with Crippen molar-refractivity contribution in [2.24, 2.45) is 7.05 Å². The fraction of sp³-hybridized carbons (Fsp3) is 0.333. The molecule has 0 saturated carbocycles. The molecule has 0 atom stereocenters. The van der Waals surface area contributed by atoms with Crippen LogP contribution in [-0.4, -0.2) is 53.6 Å². The van der Waals surface area contributed by atoms with E-state index >= 15 is 0 Å². The van der Waals surface area contributed by atoms with E-state index in [1.807, 2.05) is 36.3 Å². The first-order valence-electron chi connectivity index (χ1n) is 10.1. The van der Waals surface area contributed by atoms with Crippen molar-refractivity contribution in [3.63, 3.8) is 0 Å². The number of carbonyl (C=O) groups is 1. The second kappa shape index (κ2) is 7.75. The Balaban J connectivity index is 1.35. The third-order valence-corrected chi connectivity index (χ3v) is 5.48. The van der Waals surface area contributed by atoms with Gasteiger partial charge in [-0.2, -0.15) is 5.10 Å². The van der Waals surface area contributed by atoms with E-state index in [0.717, 1.165) is 48.0 Å². The number of Topliss-reactive ketones (excluding diaryl/α,β-unsaturated/α-hetero) is 1. The summed E-state index contributed by atoms with van der Waals surface area (Å²) in [6.45, 7) is 1.92. The van der Waals surface area contributed by atoms with Crippen LogP contribution in [0.25, 0.3) is 22.0 Å². The van der Waals surface area contributed by atoms with Crippen LogP contribution in [-0.2, 0) is 13.5 Å². The lowest BCUT2D eigenvalue weighted by Crippen LogP contribution is -2.29. The van der Waals surface area contributed by atoms with Crippen LogP contribution in [0, 0.1) is 0 Å². The molecule has 9 nitrogen and oxygen atoms in total. The first kappa shape index (κ1) is 18.6. The maximum absolute atomic E-state index is 12.7. The molecule has 0 radical (unpaired) electrons. The molecule has 1 aliphatic rings. The third-order valence-electron chi connectivity index (χ3n) is 5.48. The molecule has 9 heteroatoms. The lowest BCUT2D eigenvalue weighted by Gasteiger charge is -2.22. The molecule has 0 unspecified atom stereocenters. The second-order valence-corrected chi connectivity index (χ2v) is 7.66. The zero-order chi connectivity index (χ0) is 20.5. The van der Waals surface area contributed by atoms with Gasteiger partial charge in [0.2, 0.25) is 0 Å². The maximum atomic E-state index is 12.7. The Kier molecular flexibility index (Phi) is 4.80. The Morgan fingerprint density at radius 2 is 1.97 bits per heavy atom. The fourth-order valence-corrected chi connectivity index (χ4v) is 3.81. The van der Waals surface area contributed by atoms with E-state index in [4.69, 9.17) is 0 Å². The highest BCUT2D eigenvalue weighted by Crippen LogP contribution is 2.23. The number of carbonyl (C=O) groups excluding carboxylic acids is 1. The molecule has 1 N–H and O–H groups in total. The standard InChI is InChI=1S/C21H22N8O/c1-28-12-16(10-25-28)15-6-14-7-17(23-11-19(14)24-9-15)8-21(30)20-13-29(27-26-20)18-2-4-22-5-3-18/h6-7,9-13,18,22H,2-5,8H2,1H3. The summed E-state index contributed by atoms with van der Waals surface area (Å²) in [4.78, 5) is 21.6. The molecule has 0 spiro atoms. The average molecular weight is 402 g/mol. The SMILES string of the molecule is Cn1cc(-c2cnc3cnc(CC(=O)c4cn(C5CCNCC5)nn4)cc3c2)cn1. The lowest BCUT2D eigenvalue weighted by molar-refractivity contribution is 0.0987. The van der Waals surface area contributed by atoms with Crippen LogP contribution in [0.3, 0.4) is 0 Å².